The number of benzene rings is 1. The van der Waals surface area contributed by atoms with Gasteiger partial charge in [0.15, 0.2) is 6.39 Å². The summed E-state index contributed by atoms with van der Waals surface area (Å²) in [5, 5.41) is 3.84. The highest BCUT2D eigenvalue weighted by Crippen LogP contribution is 2.25. The van der Waals surface area contributed by atoms with Gasteiger partial charge in [0, 0.05) is 4.47 Å². The SMILES string of the molecule is Clc1ccc(Br)cc1NCc1cnco1. The minimum absolute atomic E-state index is 0.566. The van der Waals surface area contributed by atoms with Gasteiger partial charge in [-0.25, -0.2) is 4.98 Å². The van der Waals surface area contributed by atoms with Crippen LogP contribution in [0.3, 0.4) is 0 Å². The average Bonchev–Trinajstić information content (AvgIpc) is 2.72. The Kier molecular flexibility index (Phi) is 3.28. The predicted octanol–water partition coefficient (Wildman–Crippen LogP) is 3.70. The molecule has 1 aromatic heterocycles. The van der Waals surface area contributed by atoms with Crippen LogP contribution in [-0.4, -0.2) is 4.98 Å². The van der Waals surface area contributed by atoms with Crippen molar-refractivity contribution in [2.75, 3.05) is 5.32 Å². The van der Waals surface area contributed by atoms with E-state index in [2.05, 4.69) is 26.2 Å². The van der Waals surface area contributed by atoms with Crippen molar-refractivity contribution in [2.45, 2.75) is 6.54 Å². The van der Waals surface area contributed by atoms with Gasteiger partial charge in [-0.2, -0.15) is 0 Å². The lowest BCUT2D eigenvalue weighted by Gasteiger charge is -2.06. The van der Waals surface area contributed by atoms with Crippen LogP contribution in [0.1, 0.15) is 5.76 Å². The molecule has 1 aromatic carbocycles. The monoisotopic (exact) mass is 286 g/mol. The van der Waals surface area contributed by atoms with Gasteiger partial charge >= 0.3 is 0 Å². The molecular formula is C10H8BrClN2O. The Labute approximate surface area is 101 Å². The van der Waals surface area contributed by atoms with Gasteiger partial charge in [0.25, 0.3) is 0 Å². The van der Waals surface area contributed by atoms with Gasteiger partial charge in [-0.3, -0.25) is 0 Å². The summed E-state index contributed by atoms with van der Waals surface area (Å²) in [5.41, 5.74) is 0.863. The molecule has 0 aliphatic rings. The van der Waals surface area contributed by atoms with E-state index in [1.165, 1.54) is 6.39 Å². The number of hydrogen-bond acceptors (Lipinski definition) is 3. The van der Waals surface area contributed by atoms with Crippen LogP contribution in [0.15, 0.2) is 39.7 Å². The number of nitrogens with one attached hydrogen (secondary N) is 1. The molecule has 0 unspecified atom stereocenters. The molecule has 0 amide bonds. The number of hydrogen-bond donors (Lipinski definition) is 1. The highest BCUT2D eigenvalue weighted by Gasteiger charge is 2.02. The quantitative estimate of drug-likeness (QED) is 0.935. The lowest BCUT2D eigenvalue weighted by molar-refractivity contribution is 0.512. The van der Waals surface area contributed by atoms with Gasteiger partial charge in [-0.1, -0.05) is 27.5 Å². The fourth-order valence-corrected chi connectivity index (χ4v) is 1.69. The number of aromatic nitrogens is 1. The molecule has 15 heavy (non-hydrogen) atoms. The molecule has 0 aliphatic heterocycles. The van der Waals surface area contributed by atoms with Crippen LogP contribution in [0.4, 0.5) is 5.69 Å². The lowest BCUT2D eigenvalue weighted by Crippen LogP contribution is -1.98. The molecule has 0 aliphatic carbocycles. The van der Waals surface area contributed by atoms with Crippen molar-refractivity contribution in [1.29, 1.82) is 0 Å². The molecule has 2 rings (SSSR count). The highest BCUT2D eigenvalue weighted by molar-refractivity contribution is 9.10. The molecule has 78 valence electrons. The summed E-state index contributed by atoms with van der Waals surface area (Å²) >= 11 is 9.39. The second-order valence-electron chi connectivity index (χ2n) is 2.95. The molecule has 0 saturated heterocycles. The number of oxazole rings is 1. The molecular weight excluding hydrogens is 279 g/mol. The average molecular weight is 288 g/mol. The van der Waals surface area contributed by atoms with Crippen molar-refractivity contribution in [2.24, 2.45) is 0 Å². The van der Waals surface area contributed by atoms with Crippen LogP contribution in [0.2, 0.25) is 5.02 Å². The first-order valence-corrected chi connectivity index (χ1v) is 5.49. The topological polar surface area (TPSA) is 38.1 Å². The van der Waals surface area contributed by atoms with E-state index in [9.17, 15) is 0 Å². The van der Waals surface area contributed by atoms with E-state index in [4.69, 9.17) is 16.0 Å². The third kappa shape index (κ3) is 2.73. The van der Waals surface area contributed by atoms with Crippen molar-refractivity contribution >= 4 is 33.2 Å². The zero-order valence-electron chi connectivity index (χ0n) is 7.71. The molecule has 1 heterocycles. The summed E-state index contributed by atoms with van der Waals surface area (Å²) in [4.78, 5) is 3.83. The molecule has 5 heteroatoms. The normalized spacial score (nSPS) is 10.3. The van der Waals surface area contributed by atoms with E-state index < -0.39 is 0 Å². The van der Waals surface area contributed by atoms with Gasteiger partial charge in [0.05, 0.1) is 23.5 Å². The maximum Gasteiger partial charge on any atom is 0.180 e. The van der Waals surface area contributed by atoms with E-state index >= 15 is 0 Å². The number of rotatable bonds is 3. The summed E-state index contributed by atoms with van der Waals surface area (Å²) in [5.74, 6) is 0.769. The van der Waals surface area contributed by atoms with Crippen LogP contribution in [-0.2, 0) is 6.54 Å². The van der Waals surface area contributed by atoms with Crippen LogP contribution in [0.5, 0.6) is 0 Å². The maximum absolute atomic E-state index is 6.01. The van der Waals surface area contributed by atoms with Crippen LogP contribution in [0, 0.1) is 0 Å². The van der Waals surface area contributed by atoms with Crippen LogP contribution >= 0.6 is 27.5 Å². The molecule has 2 aromatic rings. The first-order valence-electron chi connectivity index (χ1n) is 4.32. The second kappa shape index (κ2) is 4.68. The van der Waals surface area contributed by atoms with Gasteiger partial charge in [0.1, 0.15) is 5.76 Å². The number of anilines is 1. The molecule has 0 radical (unpaired) electrons. The van der Waals surface area contributed by atoms with E-state index in [-0.39, 0.29) is 0 Å². The third-order valence-electron chi connectivity index (χ3n) is 1.86. The van der Waals surface area contributed by atoms with Gasteiger partial charge in [-0.05, 0) is 18.2 Å². The second-order valence-corrected chi connectivity index (χ2v) is 4.27. The Morgan fingerprint density at radius 2 is 2.33 bits per heavy atom. The Balaban J connectivity index is 2.07. The van der Waals surface area contributed by atoms with Crippen LogP contribution in [0.25, 0.3) is 0 Å². The Bertz CT molecular complexity index is 445. The smallest absolute Gasteiger partial charge is 0.180 e. The minimum Gasteiger partial charge on any atom is -0.447 e. The Morgan fingerprint density at radius 3 is 3.07 bits per heavy atom. The zero-order valence-corrected chi connectivity index (χ0v) is 10.0. The summed E-state index contributed by atoms with van der Waals surface area (Å²) < 4.78 is 6.08. The molecule has 3 nitrogen and oxygen atoms in total. The minimum atomic E-state index is 0.566. The fraction of sp³-hybridized carbons (Fsp3) is 0.100. The summed E-state index contributed by atoms with van der Waals surface area (Å²) in [6, 6.07) is 5.63. The predicted molar refractivity (Wildman–Crippen MR) is 63.0 cm³/mol. The standard InChI is InChI=1S/C10H8BrClN2O/c11-7-1-2-9(12)10(3-7)14-5-8-4-13-6-15-8/h1-4,6,14H,5H2. The van der Waals surface area contributed by atoms with E-state index in [1.807, 2.05) is 18.2 Å². The van der Waals surface area contributed by atoms with Crippen molar-refractivity contribution in [1.82, 2.24) is 4.98 Å². The summed E-state index contributed by atoms with van der Waals surface area (Å²) in [6.45, 7) is 0.566. The third-order valence-corrected chi connectivity index (χ3v) is 2.69. The zero-order chi connectivity index (χ0) is 10.7. The van der Waals surface area contributed by atoms with Crippen molar-refractivity contribution in [3.8, 4) is 0 Å². The number of nitrogens with zero attached hydrogens (tertiary/aromatic N) is 1. The van der Waals surface area contributed by atoms with Crippen molar-refractivity contribution in [3.05, 3.63) is 46.0 Å². The number of halogens is 2. The summed E-state index contributed by atoms with van der Waals surface area (Å²) in [7, 11) is 0. The van der Waals surface area contributed by atoms with Gasteiger partial charge in [0.2, 0.25) is 0 Å². The van der Waals surface area contributed by atoms with Crippen molar-refractivity contribution in [3.63, 3.8) is 0 Å². The van der Waals surface area contributed by atoms with Gasteiger partial charge in [-0.15, -0.1) is 0 Å². The van der Waals surface area contributed by atoms with E-state index in [0.29, 0.717) is 11.6 Å². The maximum atomic E-state index is 6.01. The molecule has 0 fully saturated rings. The van der Waals surface area contributed by atoms with E-state index in [1.54, 1.807) is 6.20 Å². The fourth-order valence-electron chi connectivity index (χ4n) is 1.14. The van der Waals surface area contributed by atoms with Gasteiger partial charge < -0.3 is 9.73 Å². The Hall–Kier alpha value is -1.00. The van der Waals surface area contributed by atoms with Crippen LogP contribution < -0.4 is 5.32 Å². The van der Waals surface area contributed by atoms with Crippen molar-refractivity contribution < 1.29 is 4.42 Å². The molecule has 0 saturated carbocycles. The molecule has 1 N–H and O–H groups in total. The molecule has 0 bridgehead atoms. The first kappa shape index (κ1) is 10.5. The largest absolute Gasteiger partial charge is 0.447 e. The van der Waals surface area contributed by atoms with E-state index in [0.717, 1.165) is 15.9 Å². The lowest BCUT2D eigenvalue weighted by atomic mass is 10.3. The highest BCUT2D eigenvalue weighted by atomic mass is 79.9. The molecule has 0 spiro atoms. The summed E-state index contributed by atoms with van der Waals surface area (Å²) in [6.07, 6.45) is 3.07. The Morgan fingerprint density at radius 1 is 1.47 bits per heavy atom. The molecule has 0 atom stereocenters. The first-order chi connectivity index (χ1) is 7.25.